The number of aliphatic hydroxyl groups is 1. The van der Waals surface area contributed by atoms with E-state index in [-0.39, 0.29) is 0 Å². The molecule has 2 rings (SSSR count). The van der Waals surface area contributed by atoms with Crippen LogP contribution in [0.5, 0.6) is 17.2 Å². The molecule has 1 atom stereocenters. The van der Waals surface area contributed by atoms with Crippen molar-refractivity contribution in [2.24, 2.45) is 0 Å². The van der Waals surface area contributed by atoms with Crippen molar-refractivity contribution >= 4 is 11.6 Å². The maximum atomic E-state index is 10.6. The number of hydrogen-bond acceptors (Lipinski definition) is 4. The first kappa shape index (κ1) is 15.5. The number of halogens is 1. The van der Waals surface area contributed by atoms with E-state index in [9.17, 15) is 5.11 Å². The van der Waals surface area contributed by atoms with Gasteiger partial charge in [-0.05, 0) is 17.7 Å². The van der Waals surface area contributed by atoms with E-state index in [0.717, 1.165) is 0 Å². The third kappa shape index (κ3) is 3.23. The van der Waals surface area contributed by atoms with Crippen LogP contribution in [-0.4, -0.2) is 26.4 Å². The van der Waals surface area contributed by atoms with Crippen LogP contribution in [0.3, 0.4) is 0 Å². The molecule has 21 heavy (non-hydrogen) atoms. The van der Waals surface area contributed by atoms with Gasteiger partial charge in [-0.2, -0.15) is 0 Å². The summed E-state index contributed by atoms with van der Waals surface area (Å²) in [5.74, 6) is 1.58. The van der Waals surface area contributed by atoms with Gasteiger partial charge in [0.15, 0.2) is 0 Å². The van der Waals surface area contributed by atoms with Crippen LogP contribution in [0, 0.1) is 0 Å². The number of rotatable bonds is 5. The Balaban J connectivity index is 2.52. The van der Waals surface area contributed by atoms with E-state index in [4.69, 9.17) is 25.8 Å². The SMILES string of the molecule is COc1cc(OC)c(C(O)c2ccc(Cl)cc2)c(OC)c1. The standard InChI is InChI=1S/C16H17ClO4/c1-19-12-8-13(20-2)15(14(9-12)21-3)16(18)10-4-6-11(17)7-5-10/h4-9,16,18H,1-3H3. The molecule has 1 N–H and O–H groups in total. The van der Waals surface area contributed by atoms with Gasteiger partial charge in [0.25, 0.3) is 0 Å². The van der Waals surface area contributed by atoms with E-state index in [1.54, 1.807) is 43.5 Å². The number of methoxy groups -OCH3 is 3. The van der Waals surface area contributed by atoms with Gasteiger partial charge in [0, 0.05) is 17.2 Å². The maximum Gasteiger partial charge on any atom is 0.132 e. The topological polar surface area (TPSA) is 47.9 Å². The smallest absolute Gasteiger partial charge is 0.132 e. The molecule has 0 bridgehead atoms. The van der Waals surface area contributed by atoms with E-state index in [1.807, 2.05) is 0 Å². The fourth-order valence-electron chi connectivity index (χ4n) is 2.11. The third-order valence-corrected chi connectivity index (χ3v) is 3.46. The van der Waals surface area contributed by atoms with Crippen molar-refractivity contribution in [2.45, 2.75) is 6.10 Å². The lowest BCUT2D eigenvalue weighted by Gasteiger charge is -2.19. The highest BCUT2D eigenvalue weighted by Crippen LogP contribution is 2.40. The summed E-state index contributed by atoms with van der Waals surface area (Å²) >= 11 is 5.87. The lowest BCUT2D eigenvalue weighted by atomic mass is 9.99. The van der Waals surface area contributed by atoms with Gasteiger partial charge in [-0.25, -0.2) is 0 Å². The monoisotopic (exact) mass is 308 g/mol. The highest BCUT2D eigenvalue weighted by atomic mass is 35.5. The van der Waals surface area contributed by atoms with E-state index in [0.29, 0.717) is 33.4 Å². The summed E-state index contributed by atoms with van der Waals surface area (Å²) in [6.07, 6.45) is -0.891. The van der Waals surface area contributed by atoms with Crippen LogP contribution in [0.1, 0.15) is 17.2 Å². The van der Waals surface area contributed by atoms with Gasteiger partial charge in [-0.1, -0.05) is 23.7 Å². The molecular formula is C16H17ClO4. The molecule has 0 saturated heterocycles. The summed E-state index contributed by atoms with van der Waals surface area (Å²) in [6, 6.07) is 10.4. The van der Waals surface area contributed by atoms with Gasteiger partial charge < -0.3 is 19.3 Å². The third-order valence-electron chi connectivity index (χ3n) is 3.21. The van der Waals surface area contributed by atoms with Crippen molar-refractivity contribution in [2.75, 3.05) is 21.3 Å². The van der Waals surface area contributed by atoms with E-state index >= 15 is 0 Å². The van der Waals surface area contributed by atoms with Crippen LogP contribution in [0.15, 0.2) is 36.4 Å². The zero-order chi connectivity index (χ0) is 15.4. The van der Waals surface area contributed by atoms with Crippen LogP contribution in [0.2, 0.25) is 5.02 Å². The fourth-order valence-corrected chi connectivity index (χ4v) is 2.24. The minimum absolute atomic E-state index is 0.494. The average Bonchev–Trinajstić information content (AvgIpc) is 2.53. The van der Waals surface area contributed by atoms with Crippen molar-refractivity contribution in [3.05, 3.63) is 52.5 Å². The van der Waals surface area contributed by atoms with Crippen molar-refractivity contribution in [1.82, 2.24) is 0 Å². The summed E-state index contributed by atoms with van der Waals surface area (Å²) in [7, 11) is 4.63. The molecule has 0 saturated carbocycles. The van der Waals surface area contributed by atoms with E-state index < -0.39 is 6.10 Å². The van der Waals surface area contributed by atoms with E-state index in [2.05, 4.69) is 0 Å². The molecule has 0 aromatic heterocycles. The van der Waals surface area contributed by atoms with Gasteiger partial charge in [-0.15, -0.1) is 0 Å². The minimum Gasteiger partial charge on any atom is -0.496 e. The number of aliphatic hydroxyl groups excluding tert-OH is 1. The molecule has 112 valence electrons. The molecule has 0 radical (unpaired) electrons. The summed E-state index contributed by atoms with van der Waals surface area (Å²) in [6.45, 7) is 0. The Morgan fingerprint density at radius 1 is 0.905 bits per heavy atom. The second-order valence-corrected chi connectivity index (χ2v) is 4.84. The van der Waals surface area contributed by atoms with Gasteiger partial charge >= 0.3 is 0 Å². The lowest BCUT2D eigenvalue weighted by molar-refractivity contribution is 0.208. The second-order valence-electron chi connectivity index (χ2n) is 4.40. The first-order valence-corrected chi connectivity index (χ1v) is 6.72. The molecule has 4 nitrogen and oxygen atoms in total. The Bertz CT molecular complexity index is 585. The first-order chi connectivity index (χ1) is 10.1. The number of ether oxygens (including phenoxy) is 3. The average molecular weight is 309 g/mol. The van der Waals surface area contributed by atoms with Crippen LogP contribution in [0.4, 0.5) is 0 Å². The molecule has 0 aliphatic heterocycles. The van der Waals surface area contributed by atoms with Gasteiger partial charge in [0.1, 0.15) is 23.4 Å². The quantitative estimate of drug-likeness (QED) is 0.919. The van der Waals surface area contributed by atoms with Gasteiger partial charge in [-0.3, -0.25) is 0 Å². The van der Waals surface area contributed by atoms with Crippen molar-refractivity contribution in [3.63, 3.8) is 0 Å². The molecular weight excluding hydrogens is 292 g/mol. The summed E-state index contributed by atoms with van der Waals surface area (Å²) in [5.41, 5.74) is 1.24. The normalized spacial score (nSPS) is 11.9. The molecule has 1 unspecified atom stereocenters. The molecule has 0 aliphatic carbocycles. The number of benzene rings is 2. The second kappa shape index (κ2) is 6.70. The Labute approximate surface area is 128 Å². The highest BCUT2D eigenvalue weighted by molar-refractivity contribution is 6.30. The Morgan fingerprint density at radius 2 is 1.43 bits per heavy atom. The maximum absolute atomic E-state index is 10.6. The predicted octanol–water partition coefficient (Wildman–Crippen LogP) is 3.45. The summed E-state index contributed by atoms with van der Waals surface area (Å²) in [5, 5.41) is 11.2. The summed E-state index contributed by atoms with van der Waals surface area (Å²) < 4.78 is 15.9. The van der Waals surface area contributed by atoms with Crippen LogP contribution in [0.25, 0.3) is 0 Å². The molecule has 0 heterocycles. The van der Waals surface area contributed by atoms with Crippen molar-refractivity contribution in [3.8, 4) is 17.2 Å². The predicted molar refractivity (Wildman–Crippen MR) is 81.6 cm³/mol. The largest absolute Gasteiger partial charge is 0.496 e. The Hall–Kier alpha value is -1.91. The Kier molecular flexibility index (Phi) is 4.94. The molecule has 0 spiro atoms. The molecule has 0 aliphatic rings. The van der Waals surface area contributed by atoms with Crippen LogP contribution in [-0.2, 0) is 0 Å². The van der Waals surface area contributed by atoms with Crippen molar-refractivity contribution in [1.29, 1.82) is 0 Å². The van der Waals surface area contributed by atoms with E-state index in [1.165, 1.54) is 14.2 Å². The van der Waals surface area contributed by atoms with Crippen LogP contribution >= 0.6 is 11.6 Å². The highest BCUT2D eigenvalue weighted by Gasteiger charge is 2.22. The van der Waals surface area contributed by atoms with Gasteiger partial charge in [0.2, 0.25) is 0 Å². The molecule has 5 heteroatoms. The number of hydrogen-bond donors (Lipinski definition) is 1. The molecule has 2 aromatic carbocycles. The zero-order valence-corrected chi connectivity index (χ0v) is 12.8. The molecule has 2 aromatic rings. The molecule has 0 amide bonds. The van der Waals surface area contributed by atoms with Gasteiger partial charge in [0.05, 0.1) is 26.9 Å². The fraction of sp³-hybridized carbons (Fsp3) is 0.250. The van der Waals surface area contributed by atoms with Crippen molar-refractivity contribution < 1.29 is 19.3 Å². The van der Waals surface area contributed by atoms with Crippen LogP contribution < -0.4 is 14.2 Å². The molecule has 0 fully saturated rings. The minimum atomic E-state index is -0.891. The zero-order valence-electron chi connectivity index (χ0n) is 12.1. The summed E-state index contributed by atoms with van der Waals surface area (Å²) in [4.78, 5) is 0. The lowest BCUT2D eigenvalue weighted by Crippen LogP contribution is -2.05. The Morgan fingerprint density at radius 3 is 1.86 bits per heavy atom. The first-order valence-electron chi connectivity index (χ1n) is 6.34.